The molecule has 0 aromatic heterocycles. The molecule has 4 aromatic carbocycles. The second kappa shape index (κ2) is 15.3. The van der Waals surface area contributed by atoms with Gasteiger partial charge in [0.25, 0.3) is 5.91 Å². The normalized spacial score (nSPS) is 14.3. The summed E-state index contributed by atoms with van der Waals surface area (Å²) in [5, 5.41) is 3.56. The van der Waals surface area contributed by atoms with Crippen LogP contribution in [0.15, 0.2) is 114 Å². The summed E-state index contributed by atoms with van der Waals surface area (Å²) in [6.45, 7) is 3.57. The van der Waals surface area contributed by atoms with Gasteiger partial charge >= 0.3 is 5.97 Å². The first kappa shape index (κ1) is 35.2. The van der Waals surface area contributed by atoms with Crippen LogP contribution < -0.4 is 10.6 Å². The summed E-state index contributed by atoms with van der Waals surface area (Å²) in [4.78, 5) is 26.9. The Morgan fingerprint density at radius 3 is 2.09 bits per heavy atom. The molecular formula is C35H34Cl2NO6PS. The second-order valence-electron chi connectivity index (χ2n) is 11.1. The molecule has 3 atom stereocenters. The van der Waals surface area contributed by atoms with Gasteiger partial charge in [-0.1, -0.05) is 109 Å². The van der Waals surface area contributed by atoms with Gasteiger partial charge in [-0.15, -0.1) is 0 Å². The molecule has 2 unspecified atom stereocenters. The van der Waals surface area contributed by atoms with Gasteiger partial charge in [-0.25, -0.2) is 13.2 Å². The first-order valence-electron chi connectivity index (χ1n) is 14.4. The molecule has 0 fully saturated rings. The number of esters is 1. The summed E-state index contributed by atoms with van der Waals surface area (Å²) >= 11 is 13.2. The van der Waals surface area contributed by atoms with E-state index < -0.39 is 34.9 Å². The Hall–Kier alpha value is -3.68. The van der Waals surface area contributed by atoms with Crippen molar-refractivity contribution in [2.24, 2.45) is 0 Å². The van der Waals surface area contributed by atoms with Crippen molar-refractivity contribution in [3.8, 4) is 0 Å². The number of rotatable bonds is 12. The molecule has 1 amide bonds. The predicted molar refractivity (Wildman–Crippen MR) is 184 cm³/mol. The lowest BCUT2D eigenvalue weighted by molar-refractivity contribution is -0.147. The highest BCUT2D eigenvalue weighted by molar-refractivity contribution is 7.90. The first-order valence-corrected chi connectivity index (χ1v) is 19.2. The standard InChI is InChI=1S/C35H34Cl2NO6PS/c1-24(17-18-45(2,41)28-14-8-5-9-15-28)27-21-30(36)33(31(37)22-27)34(39)38-32(35(40)44-23-25-11-6-4-7-12-25)20-26-13-10-16-29(19-26)46(3,42)43/h4-19,21-22,24,32H,20,23H2,1-3H3,(H,38,39)/b18-17+/t24?,32-,45?/m0/s1. The maximum Gasteiger partial charge on any atom is 0.329 e. The van der Waals surface area contributed by atoms with Gasteiger partial charge in [0.2, 0.25) is 0 Å². The van der Waals surface area contributed by atoms with Crippen LogP contribution in [0.3, 0.4) is 0 Å². The number of carbonyl (C=O) groups excluding carboxylic acids is 2. The topological polar surface area (TPSA) is 107 Å². The number of amides is 1. The number of hydrogen-bond donors (Lipinski definition) is 1. The highest BCUT2D eigenvalue weighted by Gasteiger charge is 2.27. The Morgan fingerprint density at radius 1 is 0.891 bits per heavy atom. The number of hydrogen-bond acceptors (Lipinski definition) is 6. The molecule has 0 aliphatic rings. The highest BCUT2D eigenvalue weighted by atomic mass is 35.5. The Kier molecular flexibility index (Phi) is 11.7. The molecule has 0 spiro atoms. The number of allylic oxidation sites excluding steroid dienone is 1. The van der Waals surface area contributed by atoms with Crippen molar-refractivity contribution in [3.63, 3.8) is 0 Å². The Morgan fingerprint density at radius 2 is 1.48 bits per heavy atom. The van der Waals surface area contributed by atoms with Gasteiger partial charge in [-0.3, -0.25) is 4.79 Å². The average Bonchev–Trinajstić information content (AvgIpc) is 3.02. The summed E-state index contributed by atoms with van der Waals surface area (Å²) in [6.07, 6.45) is 2.86. The predicted octanol–water partition coefficient (Wildman–Crippen LogP) is 7.42. The van der Waals surface area contributed by atoms with Crippen LogP contribution in [0.4, 0.5) is 0 Å². The van der Waals surface area contributed by atoms with E-state index in [9.17, 15) is 22.6 Å². The van der Waals surface area contributed by atoms with E-state index >= 15 is 0 Å². The van der Waals surface area contributed by atoms with Crippen LogP contribution in [0.1, 0.15) is 39.9 Å². The van der Waals surface area contributed by atoms with Gasteiger partial charge in [0.15, 0.2) is 9.84 Å². The zero-order valence-electron chi connectivity index (χ0n) is 25.5. The quantitative estimate of drug-likeness (QED) is 0.122. The zero-order chi connectivity index (χ0) is 33.5. The third-order valence-corrected chi connectivity index (χ3v) is 11.1. The van der Waals surface area contributed by atoms with Crippen molar-refractivity contribution in [2.45, 2.75) is 36.8 Å². The minimum atomic E-state index is -3.50. The summed E-state index contributed by atoms with van der Waals surface area (Å²) in [7, 11) is -6.25. The highest BCUT2D eigenvalue weighted by Crippen LogP contribution is 2.42. The summed E-state index contributed by atoms with van der Waals surface area (Å²) < 4.78 is 43.0. The van der Waals surface area contributed by atoms with Crippen LogP contribution in [0.5, 0.6) is 0 Å². The van der Waals surface area contributed by atoms with E-state index in [2.05, 4.69) is 5.32 Å². The number of nitrogens with one attached hydrogen (secondary N) is 1. The lowest BCUT2D eigenvalue weighted by atomic mass is 9.99. The van der Waals surface area contributed by atoms with Crippen LogP contribution in [-0.2, 0) is 37.0 Å². The molecule has 0 saturated carbocycles. The molecule has 240 valence electrons. The molecule has 0 bridgehead atoms. The zero-order valence-corrected chi connectivity index (χ0v) is 28.7. The van der Waals surface area contributed by atoms with E-state index in [0.717, 1.165) is 17.1 Å². The van der Waals surface area contributed by atoms with Crippen LogP contribution in [-0.4, -0.2) is 39.3 Å². The molecular weight excluding hydrogens is 664 g/mol. The van der Waals surface area contributed by atoms with Crippen LogP contribution in [0.25, 0.3) is 0 Å². The van der Waals surface area contributed by atoms with E-state index in [-0.39, 0.29) is 39.4 Å². The average molecular weight is 699 g/mol. The molecule has 0 heterocycles. The molecule has 0 radical (unpaired) electrons. The number of carbonyl (C=O) groups is 2. The number of ether oxygens (including phenoxy) is 1. The summed E-state index contributed by atoms with van der Waals surface area (Å²) in [5.41, 5.74) is 1.93. The molecule has 7 nitrogen and oxygen atoms in total. The molecule has 0 aliphatic carbocycles. The minimum Gasteiger partial charge on any atom is -0.459 e. The smallest absolute Gasteiger partial charge is 0.329 e. The number of halogens is 2. The monoisotopic (exact) mass is 697 g/mol. The summed E-state index contributed by atoms with van der Waals surface area (Å²) in [6, 6.07) is 26.4. The van der Waals surface area contributed by atoms with Crippen LogP contribution in [0.2, 0.25) is 10.0 Å². The third-order valence-electron chi connectivity index (χ3n) is 7.33. The van der Waals surface area contributed by atoms with Crippen molar-refractivity contribution in [1.29, 1.82) is 0 Å². The fraction of sp³-hybridized carbons (Fsp3) is 0.200. The third kappa shape index (κ3) is 9.43. The van der Waals surface area contributed by atoms with Crippen molar-refractivity contribution >= 4 is 57.4 Å². The molecule has 4 aromatic rings. The van der Waals surface area contributed by atoms with Crippen molar-refractivity contribution in [3.05, 3.63) is 141 Å². The largest absolute Gasteiger partial charge is 0.459 e. The van der Waals surface area contributed by atoms with Gasteiger partial charge in [0.1, 0.15) is 19.8 Å². The lowest BCUT2D eigenvalue weighted by Crippen LogP contribution is -2.43. The second-order valence-corrected chi connectivity index (χ2v) is 16.7. The van der Waals surface area contributed by atoms with E-state index in [1.165, 1.54) is 12.1 Å². The fourth-order valence-electron chi connectivity index (χ4n) is 4.68. The molecule has 0 saturated heterocycles. The van der Waals surface area contributed by atoms with E-state index in [0.29, 0.717) is 11.1 Å². The molecule has 11 heteroatoms. The van der Waals surface area contributed by atoms with E-state index in [1.54, 1.807) is 48.9 Å². The van der Waals surface area contributed by atoms with E-state index in [4.69, 9.17) is 27.9 Å². The maximum absolute atomic E-state index is 13.6. The first-order chi connectivity index (χ1) is 21.7. The molecule has 4 rings (SSSR count). The van der Waals surface area contributed by atoms with Gasteiger partial charge in [-0.05, 0) is 59.4 Å². The lowest BCUT2D eigenvalue weighted by Gasteiger charge is -2.20. The molecule has 0 aliphatic heterocycles. The van der Waals surface area contributed by atoms with Crippen LogP contribution in [0, 0.1) is 0 Å². The number of sulfone groups is 1. The van der Waals surface area contributed by atoms with Crippen molar-refractivity contribution < 1.29 is 27.3 Å². The SMILES string of the molecule is CC(/C=C/P(C)(=O)c1ccccc1)c1cc(Cl)c(C(=O)N[C@@H](Cc2cccc(S(C)(=O)=O)c2)C(=O)OCc2ccccc2)c(Cl)c1. The number of benzene rings is 4. The van der Waals surface area contributed by atoms with Crippen molar-refractivity contribution in [2.75, 3.05) is 12.9 Å². The Balaban J connectivity index is 1.56. The van der Waals surface area contributed by atoms with Gasteiger partial charge in [0, 0.05) is 18.0 Å². The van der Waals surface area contributed by atoms with E-state index in [1.807, 2.05) is 61.5 Å². The van der Waals surface area contributed by atoms with Gasteiger partial charge in [0.05, 0.1) is 20.5 Å². The molecule has 46 heavy (non-hydrogen) atoms. The van der Waals surface area contributed by atoms with Gasteiger partial charge < -0.3 is 14.6 Å². The van der Waals surface area contributed by atoms with Gasteiger partial charge in [-0.2, -0.15) is 0 Å². The fourth-order valence-corrected chi connectivity index (χ4v) is 7.57. The Bertz CT molecular complexity index is 1880. The summed E-state index contributed by atoms with van der Waals surface area (Å²) in [5.74, 6) is 0.0478. The van der Waals surface area contributed by atoms with Crippen molar-refractivity contribution in [1.82, 2.24) is 5.32 Å². The maximum atomic E-state index is 13.6. The minimum absolute atomic E-state index is 0.0218. The molecule has 1 N–H and O–H groups in total. The van der Waals surface area contributed by atoms with Crippen LogP contribution >= 0.6 is 30.3 Å². The Labute approximate surface area is 279 Å².